The van der Waals surface area contributed by atoms with Crippen LogP contribution in [0.4, 0.5) is 4.79 Å². The van der Waals surface area contributed by atoms with Crippen LogP contribution in [-0.4, -0.2) is 48.6 Å². The molecule has 164 valence electrons. The van der Waals surface area contributed by atoms with Gasteiger partial charge in [-0.25, -0.2) is 9.59 Å². The van der Waals surface area contributed by atoms with Gasteiger partial charge in [0.1, 0.15) is 18.7 Å². The lowest BCUT2D eigenvalue weighted by atomic mass is 10.1. The number of hydrogen-bond acceptors (Lipinski definition) is 5. The fourth-order valence-corrected chi connectivity index (χ4v) is 3.88. The highest BCUT2D eigenvalue weighted by Gasteiger charge is 2.37. The molecule has 0 aromatic heterocycles. The second-order valence-corrected chi connectivity index (χ2v) is 8.55. The van der Waals surface area contributed by atoms with Crippen molar-refractivity contribution >= 4 is 40.6 Å². The molecule has 0 bridgehead atoms. The molecule has 0 aliphatic carbocycles. The van der Waals surface area contributed by atoms with E-state index in [1.165, 1.54) is 12.0 Å². The summed E-state index contributed by atoms with van der Waals surface area (Å²) in [6, 6.07) is 15.6. The Morgan fingerprint density at radius 3 is 2.48 bits per heavy atom. The van der Waals surface area contributed by atoms with Gasteiger partial charge >= 0.3 is 12.1 Å². The fourth-order valence-electron chi connectivity index (χ4n) is 3.52. The number of likely N-dealkylation sites (tertiary alicyclic amines) is 1. The Hall–Kier alpha value is -2.62. The SMILES string of the molecule is COC(=O)[C@H](Cc1ccc(I)cc1)NC(=O)[C@H]1CCCN1C(=O)OCc1ccccc1. The van der Waals surface area contributed by atoms with Crippen molar-refractivity contribution in [2.75, 3.05) is 13.7 Å². The highest BCUT2D eigenvalue weighted by atomic mass is 127. The second kappa shape index (κ2) is 11.1. The van der Waals surface area contributed by atoms with E-state index in [2.05, 4.69) is 27.9 Å². The number of esters is 1. The van der Waals surface area contributed by atoms with Crippen molar-refractivity contribution in [1.29, 1.82) is 0 Å². The van der Waals surface area contributed by atoms with E-state index in [0.717, 1.165) is 14.7 Å². The zero-order valence-corrected chi connectivity index (χ0v) is 19.4. The zero-order valence-electron chi connectivity index (χ0n) is 17.3. The van der Waals surface area contributed by atoms with Gasteiger partial charge in [-0.1, -0.05) is 42.5 Å². The molecule has 0 saturated carbocycles. The molecule has 1 aliphatic rings. The van der Waals surface area contributed by atoms with E-state index in [9.17, 15) is 14.4 Å². The Morgan fingerprint density at radius 2 is 1.81 bits per heavy atom. The largest absolute Gasteiger partial charge is 0.467 e. The number of halogens is 1. The molecule has 1 fully saturated rings. The van der Waals surface area contributed by atoms with E-state index in [4.69, 9.17) is 9.47 Å². The highest BCUT2D eigenvalue weighted by molar-refractivity contribution is 14.1. The van der Waals surface area contributed by atoms with Crippen LogP contribution in [0.15, 0.2) is 54.6 Å². The van der Waals surface area contributed by atoms with Crippen LogP contribution in [0, 0.1) is 3.57 Å². The molecule has 1 saturated heterocycles. The quantitative estimate of drug-likeness (QED) is 0.434. The maximum atomic E-state index is 12.9. The summed E-state index contributed by atoms with van der Waals surface area (Å²) in [6.07, 6.45) is 0.983. The van der Waals surface area contributed by atoms with Gasteiger partial charge in [0, 0.05) is 16.5 Å². The van der Waals surface area contributed by atoms with Crippen LogP contribution in [0.2, 0.25) is 0 Å². The number of carbonyl (C=O) groups excluding carboxylic acids is 3. The van der Waals surface area contributed by atoms with Crippen LogP contribution in [0.5, 0.6) is 0 Å². The van der Waals surface area contributed by atoms with E-state index in [0.29, 0.717) is 25.8 Å². The molecule has 3 rings (SSSR count). The monoisotopic (exact) mass is 536 g/mol. The topological polar surface area (TPSA) is 84.9 Å². The first kappa shape index (κ1) is 23.1. The van der Waals surface area contributed by atoms with Crippen LogP contribution in [0.1, 0.15) is 24.0 Å². The molecule has 2 aromatic rings. The van der Waals surface area contributed by atoms with Crippen LogP contribution >= 0.6 is 22.6 Å². The van der Waals surface area contributed by atoms with Crippen LogP contribution in [0.25, 0.3) is 0 Å². The molecular formula is C23H25IN2O5. The molecule has 1 heterocycles. The molecule has 0 radical (unpaired) electrons. The fraction of sp³-hybridized carbons (Fsp3) is 0.348. The smallest absolute Gasteiger partial charge is 0.410 e. The van der Waals surface area contributed by atoms with Gasteiger partial charge in [-0.15, -0.1) is 0 Å². The van der Waals surface area contributed by atoms with E-state index in [-0.39, 0.29) is 12.5 Å². The Kier molecular flexibility index (Phi) is 8.27. The Morgan fingerprint density at radius 1 is 1.10 bits per heavy atom. The first-order valence-electron chi connectivity index (χ1n) is 10.1. The van der Waals surface area contributed by atoms with Crippen molar-refractivity contribution in [3.63, 3.8) is 0 Å². The lowest BCUT2D eigenvalue weighted by molar-refractivity contribution is -0.145. The molecule has 2 aromatic carbocycles. The number of amides is 2. The Bertz CT molecular complexity index is 904. The Balaban J connectivity index is 1.62. The predicted octanol–water partition coefficient (Wildman–Crippen LogP) is 3.29. The number of rotatable bonds is 7. The molecule has 8 heteroatoms. The molecule has 2 amide bonds. The van der Waals surface area contributed by atoms with Gasteiger partial charge in [-0.2, -0.15) is 0 Å². The first-order chi connectivity index (χ1) is 15.0. The molecule has 31 heavy (non-hydrogen) atoms. The number of hydrogen-bond donors (Lipinski definition) is 1. The summed E-state index contributed by atoms with van der Waals surface area (Å²) in [6.45, 7) is 0.577. The predicted molar refractivity (Wildman–Crippen MR) is 123 cm³/mol. The van der Waals surface area contributed by atoms with Crippen LogP contribution in [0.3, 0.4) is 0 Å². The molecule has 1 N–H and O–H groups in total. The van der Waals surface area contributed by atoms with Crippen LogP contribution in [-0.2, 0) is 32.1 Å². The minimum atomic E-state index is -0.833. The van der Waals surface area contributed by atoms with Crippen molar-refractivity contribution in [3.05, 3.63) is 69.3 Å². The minimum Gasteiger partial charge on any atom is -0.467 e. The maximum absolute atomic E-state index is 12.9. The third-order valence-corrected chi connectivity index (χ3v) is 5.87. The molecular weight excluding hydrogens is 511 g/mol. The van der Waals surface area contributed by atoms with Crippen molar-refractivity contribution in [2.24, 2.45) is 0 Å². The Labute approximate surface area is 195 Å². The van der Waals surface area contributed by atoms with Gasteiger partial charge in [0.05, 0.1) is 7.11 Å². The molecule has 7 nitrogen and oxygen atoms in total. The average Bonchev–Trinajstić information content (AvgIpc) is 3.29. The molecule has 2 atom stereocenters. The minimum absolute atomic E-state index is 0.141. The maximum Gasteiger partial charge on any atom is 0.410 e. The summed E-state index contributed by atoms with van der Waals surface area (Å²) in [4.78, 5) is 39.2. The number of nitrogens with zero attached hydrogens (tertiary/aromatic N) is 1. The van der Waals surface area contributed by atoms with Crippen LogP contribution < -0.4 is 5.32 Å². The van der Waals surface area contributed by atoms with Gasteiger partial charge in [-0.3, -0.25) is 9.69 Å². The van der Waals surface area contributed by atoms with Gasteiger partial charge in [0.2, 0.25) is 5.91 Å². The number of benzene rings is 2. The number of ether oxygens (including phenoxy) is 2. The third kappa shape index (κ3) is 6.43. The van der Waals surface area contributed by atoms with Crippen molar-refractivity contribution in [2.45, 2.75) is 38.0 Å². The summed E-state index contributed by atoms with van der Waals surface area (Å²) in [5.74, 6) is -0.904. The molecule has 0 spiro atoms. The summed E-state index contributed by atoms with van der Waals surface area (Å²) < 4.78 is 11.3. The molecule has 0 unspecified atom stereocenters. The first-order valence-corrected chi connectivity index (χ1v) is 11.2. The lowest BCUT2D eigenvalue weighted by Crippen LogP contribution is -2.51. The van der Waals surface area contributed by atoms with Gasteiger partial charge in [0.25, 0.3) is 0 Å². The summed E-state index contributed by atoms with van der Waals surface area (Å²) in [5, 5.41) is 2.77. The van der Waals surface area contributed by atoms with E-state index < -0.39 is 24.1 Å². The summed E-state index contributed by atoms with van der Waals surface area (Å²) in [5.41, 5.74) is 1.78. The molecule has 1 aliphatic heterocycles. The van der Waals surface area contributed by atoms with E-state index in [1.54, 1.807) is 0 Å². The summed E-state index contributed by atoms with van der Waals surface area (Å²) in [7, 11) is 1.29. The third-order valence-electron chi connectivity index (χ3n) is 5.15. The summed E-state index contributed by atoms with van der Waals surface area (Å²) >= 11 is 2.20. The number of methoxy groups -OCH3 is 1. The van der Waals surface area contributed by atoms with Crippen molar-refractivity contribution in [3.8, 4) is 0 Å². The average molecular weight is 536 g/mol. The van der Waals surface area contributed by atoms with Crippen molar-refractivity contribution in [1.82, 2.24) is 10.2 Å². The van der Waals surface area contributed by atoms with Gasteiger partial charge < -0.3 is 14.8 Å². The highest BCUT2D eigenvalue weighted by Crippen LogP contribution is 2.20. The van der Waals surface area contributed by atoms with E-state index >= 15 is 0 Å². The number of nitrogens with one attached hydrogen (secondary N) is 1. The second-order valence-electron chi connectivity index (χ2n) is 7.31. The van der Waals surface area contributed by atoms with Crippen molar-refractivity contribution < 1.29 is 23.9 Å². The lowest BCUT2D eigenvalue weighted by Gasteiger charge is -2.25. The van der Waals surface area contributed by atoms with Gasteiger partial charge in [0.15, 0.2) is 0 Å². The van der Waals surface area contributed by atoms with Gasteiger partial charge in [-0.05, 0) is 58.7 Å². The normalized spacial score (nSPS) is 16.5. The van der Waals surface area contributed by atoms with E-state index in [1.807, 2.05) is 54.6 Å². The number of carbonyl (C=O) groups is 3. The zero-order chi connectivity index (χ0) is 22.2. The standard InChI is InChI=1S/C23H25IN2O5/c1-30-22(28)19(14-16-9-11-18(24)12-10-16)25-21(27)20-8-5-13-26(20)23(29)31-15-17-6-3-2-4-7-17/h2-4,6-7,9-12,19-20H,5,8,13-15H2,1H3,(H,25,27)/t19-,20+/m0/s1.